The van der Waals surface area contributed by atoms with E-state index in [4.69, 9.17) is 0 Å². The summed E-state index contributed by atoms with van der Waals surface area (Å²) in [5.41, 5.74) is -0.704. The fourth-order valence-electron chi connectivity index (χ4n) is 2.90. The van der Waals surface area contributed by atoms with Gasteiger partial charge in [0.15, 0.2) is 0 Å². The Morgan fingerprint density at radius 1 is 1.35 bits per heavy atom. The average molecular weight is 277 g/mol. The summed E-state index contributed by atoms with van der Waals surface area (Å²) in [6.07, 6.45) is 7.70. The van der Waals surface area contributed by atoms with Gasteiger partial charge in [0, 0.05) is 32.0 Å². The van der Waals surface area contributed by atoms with Gasteiger partial charge in [0.2, 0.25) is 0 Å². The first kappa shape index (κ1) is 13.1. The Morgan fingerprint density at radius 3 is 2.95 bits per heavy atom. The van der Waals surface area contributed by atoms with E-state index in [0.29, 0.717) is 13.1 Å². The molecule has 2 N–H and O–H groups in total. The van der Waals surface area contributed by atoms with Crippen LogP contribution in [0.1, 0.15) is 19.3 Å². The van der Waals surface area contributed by atoms with E-state index in [9.17, 15) is 9.59 Å². The van der Waals surface area contributed by atoms with Crippen LogP contribution in [0.5, 0.6) is 0 Å². The van der Waals surface area contributed by atoms with Crippen molar-refractivity contribution >= 4 is 11.9 Å². The number of amides is 3. The molecule has 1 aromatic rings. The lowest BCUT2D eigenvalue weighted by Crippen LogP contribution is -2.57. The second kappa shape index (κ2) is 5.24. The number of hydrogen-bond acceptors (Lipinski definition) is 4. The largest absolute Gasteiger partial charge is 0.337 e. The summed E-state index contributed by atoms with van der Waals surface area (Å²) >= 11 is 0. The van der Waals surface area contributed by atoms with Gasteiger partial charge in [0.1, 0.15) is 5.54 Å². The summed E-state index contributed by atoms with van der Waals surface area (Å²) in [6, 6.07) is -0.260. The number of imidazole rings is 1. The normalized spacial score (nSPS) is 26.3. The summed E-state index contributed by atoms with van der Waals surface area (Å²) < 4.78 is 1.94. The van der Waals surface area contributed by atoms with Gasteiger partial charge in [-0.15, -0.1) is 0 Å². The summed E-state index contributed by atoms with van der Waals surface area (Å²) in [5, 5.41) is 6.06. The molecule has 0 saturated carbocycles. The number of aryl methyl sites for hydroxylation is 1. The van der Waals surface area contributed by atoms with Crippen LogP contribution in [-0.4, -0.2) is 51.6 Å². The van der Waals surface area contributed by atoms with Crippen molar-refractivity contribution in [3.63, 3.8) is 0 Å². The molecule has 2 aliphatic rings. The first-order valence-corrected chi connectivity index (χ1v) is 7.02. The number of urea groups is 1. The quantitative estimate of drug-likeness (QED) is 0.756. The molecule has 3 heterocycles. The fraction of sp³-hybridized carbons (Fsp3) is 0.615. The van der Waals surface area contributed by atoms with Crippen LogP contribution in [0.3, 0.4) is 0 Å². The zero-order chi connectivity index (χ0) is 14.0. The molecule has 20 heavy (non-hydrogen) atoms. The minimum atomic E-state index is -0.704. The maximum atomic E-state index is 12.5. The topological polar surface area (TPSA) is 79.3 Å². The van der Waals surface area contributed by atoms with Crippen LogP contribution in [0.2, 0.25) is 0 Å². The first-order valence-electron chi connectivity index (χ1n) is 7.02. The van der Waals surface area contributed by atoms with Crippen LogP contribution in [-0.2, 0) is 11.3 Å². The Labute approximate surface area is 117 Å². The zero-order valence-corrected chi connectivity index (χ0v) is 11.3. The molecule has 0 bridgehead atoms. The molecule has 2 saturated heterocycles. The number of rotatable bonds is 4. The van der Waals surface area contributed by atoms with Crippen molar-refractivity contribution in [1.82, 2.24) is 25.1 Å². The van der Waals surface area contributed by atoms with Crippen molar-refractivity contribution in [2.45, 2.75) is 31.3 Å². The second-order valence-corrected chi connectivity index (χ2v) is 5.40. The van der Waals surface area contributed by atoms with Gasteiger partial charge in [0.05, 0.1) is 6.33 Å². The van der Waals surface area contributed by atoms with Crippen LogP contribution in [0.4, 0.5) is 4.79 Å². The molecule has 7 heteroatoms. The lowest BCUT2D eigenvalue weighted by Gasteiger charge is -2.31. The van der Waals surface area contributed by atoms with Crippen molar-refractivity contribution in [2.24, 2.45) is 0 Å². The van der Waals surface area contributed by atoms with Crippen molar-refractivity contribution in [1.29, 1.82) is 0 Å². The SMILES string of the molecule is O=C1NC2(CCCNC2)C(=O)N1CCCn1ccnc1. The van der Waals surface area contributed by atoms with E-state index in [-0.39, 0.29) is 11.9 Å². The van der Waals surface area contributed by atoms with Crippen LogP contribution >= 0.6 is 0 Å². The molecule has 7 nitrogen and oxygen atoms in total. The van der Waals surface area contributed by atoms with Gasteiger partial charge in [0.25, 0.3) is 5.91 Å². The van der Waals surface area contributed by atoms with Crippen LogP contribution in [0.25, 0.3) is 0 Å². The number of carbonyl (C=O) groups excluding carboxylic acids is 2. The highest BCUT2D eigenvalue weighted by atomic mass is 16.2. The third kappa shape index (κ3) is 2.29. The Balaban J connectivity index is 1.59. The minimum Gasteiger partial charge on any atom is -0.337 e. The molecular formula is C13H19N5O2. The van der Waals surface area contributed by atoms with Crippen molar-refractivity contribution < 1.29 is 9.59 Å². The maximum absolute atomic E-state index is 12.5. The first-order chi connectivity index (χ1) is 9.71. The lowest BCUT2D eigenvalue weighted by atomic mass is 9.90. The summed E-state index contributed by atoms with van der Waals surface area (Å²) in [5.74, 6) is -0.0830. The molecule has 1 aromatic heterocycles. The molecule has 0 radical (unpaired) electrons. The molecule has 2 aliphatic heterocycles. The molecule has 1 atom stereocenters. The second-order valence-electron chi connectivity index (χ2n) is 5.40. The number of aromatic nitrogens is 2. The van der Waals surface area contributed by atoms with Crippen molar-refractivity contribution in [3.05, 3.63) is 18.7 Å². The van der Waals surface area contributed by atoms with Gasteiger partial charge >= 0.3 is 6.03 Å². The van der Waals surface area contributed by atoms with E-state index in [1.54, 1.807) is 12.5 Å². The van der Waals surface area contributed by atoms with E-state index >= 15 is 0 Å². The van der Waals surface area contributed by atoms with Gasteiger partial charge in [-0.2, -0.15) is 0 Å². The van der Waals surface area contributed by atoms with Gasteiger partial charge in [-0.25, -0.2) is 9.78 Å². The van der Waals surface area contributed by atoms with E-state index in [0.717, 1.165) is 32.4 Å². The predicted molar refractivity (Wildman–Crippen MR) is 71.9 cm³/mol. The molecule has 3 rings (SSSR count). The predicted octanol–water partition coefficient (Wildman–Crippen LogP) is -0.0528. The van der Waals surface area contributed by atoms with E-state index in [1.807, 2.05) is 10.8 Å². The zero-order valence-electron chi connectivity index (χ0n) is 11.3. The highest BCUT2D eigenvalue weighted by molar-refractivity contribution is 6.07. The van der Waals surface area contributed by atoms with Crippen LogP contribution in [0, 0.1) is 0 Å². The Bertz CT molecular complexity index is 493. The lowest BCUT2D eigenvalue weighted by molar-refractivity contribution is -0.131. The molecule has 1 spiro atoms. The van der Waals surface area contributed by atoms with Crippen LogP contribution in [0.15, 0.2) is 18.7 Å². The highest BCUT2D eigenvalue weighted by Crippen LogP contribution is 2.25. The fourth-order valence-corrected chi connectivity index (χ4v) is 2.90. The molecule has 3 amide bonds. The van der Waals surface area contributed by atoms with Gasteiger partial charge in [-0.3, -0.25) is 9.69 Å². The smallest absolute Gasteiger partial charge is 0.325 e. The number of carbonyl (C=O) groups is 2. The third-order valence-electron chi connectivity index (χ3n) is 3.99. The van der Waals surface area contributed by atoms with Crippen molar-refractivity contribution in [2.75, 3.05) is 19.6 Å². The number of nitrogens with one attached hydrogen (secondary N) is 2. The molecule has 108 valence electrons. The summed E-state index contributed by atoms with van der Waals surface area (Å²) in [7, 11) is 0. The van der Waals surface area contributed by atoms with E-state index in [2.05, 4.69) is 15.6 Å². The summed E-state index contributed by atoms with van der Waals surface area (Å²) in [6.45, 7) is 2.65. The van der Waals surface area contributed by atoms with Crippen LogP contribution < -0.4 is 10.6 Å². The Kier molecular flexibility index (Phi) is 3.43. The van der Waals surface area contributed by atoms with Gasteiger partial charge in [-0.05, 0) is 25.8 Å². The number of nitrogens with zero attached hydrogens (tertiary/aromatic N) is 3. The average Bonchev–Trinajstić information content (AvgIpc) is 3.03. The van der Waals surface area contributed by atoms with Gasteiger partial charge < -0.3 is 15.2 Å². The number of imide groups is 1. The number of piperidine rings is 1. The molecule has 1 unspecified atom stereocenters. The third-order valence-corrected chi connectivity index (χ3v) is 3.99. The van der Waals surface area contributed by atoms with Gasteiger partial charge in [-0.1, -0.05) is 0 Å². The molecule has 0 aliphatic carbocycles. The standard InChI is InChI=1S/C13H19N5O2/c19-11-13(3-1-4-14-9-13)16-12(20)18(11)7-2-6-17-8-5-15-10-17/h5,8,10,14H,1-4,6-7,9H2,(H,16,20). The molecule has 0 aromatic carbocycles. The van der Waals surface area contributed by atoms with Crippen molar-refractivity contribution in [3.8, 4) is 0 Å². The maximum Gasteiger partial charge on any atom is 0.325 e. The number of hydrogen-bond donors (Lipinski definition) is 2. The summed E-state index contributed by atoms with van der Waals surface area (Å²) in [4.78, 5) is 29.8. The Morgan fingerprint density at radius 2 is 2.25 bits per heavy atom. The Hall–Kier alpha value is -1.89. The molecular weight excluding hydrogens is 258 g/mol. The monoisotopic (exact) mass is 277 g/mol. The van der Waals surface area contributed by atoms with E-state index < -0.39 is 5.54 Å². The molecule has 2 fully saturated rings. The highest BCUT2D eigenvalue weighted by Gasteiger charge is 2.51. The minimum absolute atomic E-state index is 0.0830. The van der Waals surface area contributed by atoms with E-state index in [1.165, 1.54) is 4.90 Å².